The predicted molar refractivity (Wildman–Crippen MR) is 126 cm³/mol. The topological polar surface area (TPSA) is 126 Å². The van der Waals surface area contributed by atoms with Crippen molar-refractivity contribution in [2.75, 3.05) is 17.9 Å². The number of nitrogens with zero attached hydrogens (tertiary/aromatic N) is 2. The zero-order valence-electron chi connectivity index (χ0n) is 20.9. The molecule has 0 spiro atoms. The van der Waals surface area contributed by atoms with Gasteiger partial charge in [-0.15, -0.1) is 5.10 Å². The first-order valence-corrected chi connectivity index (χ1v) is 12.2. The SMILES string of the molecule is CC(=O)OCCOc1nn(C)c(NS(=O)(=O)c2ccc(C(C)(C)C)cc2)c1C(=O)OC(C)(C)C. The molecule has 188 valence electrons. The molecule has 0 saturated carbocycles. The Morgan fingerprint density at radius 3 is 2.12 bits per heavy atom. The minimum absolute atomic E-state index is 0.0224. The number of ether oxygens (including phenoxy) is 3. The van der Waals surface area contributed by atoms with Gasteiger partial charge in [0.2, 0.25) is 5.88 Å². The second-order valence-corrected chi connectivity index (χ2v) is 11.4. The minimum atomic E-state index is -4.06. The van der Waals surface area contributed by atoms with E-state index in [1.54, 1.807) is 32.9 Å². The molecule has 0 bridgehead atoms. The third kappa shape index (κ3) is 7.21. The highest BCUT2D eigenvalue weighted by atomic mass is 32.2. The number of anilines is 1. The molecule has 0 aliphatic rings. The summed E-state index contributed by atoms with van der Waals surface area (Å²) in [6.07, 6.45) is 0. The fraction of sp³-hybridized carbons (Fsp3) is 0.522. The van der Waals surface area contributed by atoms with Crippen LogP contribution in [0.4, 0.5) is 5.82 Å². The lowest BCUT2D eigenvalue weighted by atomic mass is 9.87. The fourth-order valence-electron chi connectivity index (χ4n) is 2.87. The molecule has 0 aliphatic heterocycles. The maximum atomic E-state index is 13.1. The van der Waals surface area contributed by atoms with Crippen molar-refractivity contribution in [3.05, 3.63) is 35.4 Å². The summed E-state index contributed by atoms with van der Waals surface area (Å²) in [5, 5.41) is 4.13. The molecule has 1 N–H and O–H groups in total. The number of sulfonamides is 1. The normalized spacial score (nSPS) is 12.2. The molecule has 0 fully saturated rings. The van der Waals surface area contributed by atoms with Crippen LogP contribution in [0.25, 0.3) is 0 Å². The van der Waals surface area contributed by atoms with Crippen LogP contribution in [0.3, 0.4) is 0 Å². The fourth-order valence-corrected chi connectivity index (χ4v) is 3.98. The molecule has 2 aromatic rings. The van der Waals surface area contributed by atoms with Gasteiger partial charge in [-0.2, -0.15) is 0 Å². The van der Waals surface area contributed by atoms with Crippen LogP contribution >= 0.6 is 0 Å². The summed E-state index contributed by atoms with van der Waals surface area (Å²) in [7, 11) is -2.60. The van der Waals surface area contributed by atoms with E-state index in [-0.39, 0.29) is 40.8 Å². The minimum Gasteiger partial charge on any atom is -0.472 e. The molecule has 0 aliphatic carbocycles. The van der Waals surface area contributed by atoms with E-state index in [0.29, 0.717) is 0 Å². The van der Waals surface area contributed by atoms with E-state index >= 15 is 0 Å². The number of hydrogen-bond acceptors (Lipinski definition) is 8. The van der Waals surface area contributed by atoms with Crippen molar-refractivity contribution in [3.63, 3.8) is 0 Å². The largest absolute Gasteiger partial charge is 0.472 e. The van der Waals surface area contributed by atoms with Crippen molar-refractivity contribution in [2.24, 2.45) is 7.05 Å². The number of aromatic nitrogens is 2. The number of benzene rings is 1. The zero-order chi connectivity index (χ0) is 25.9. The van der Waals surface area contributed by atoms with E-state index < -0.39 is 27.6 Å². The van der Waals surface area contributed by atoms with Gasteiger partial charge in [-0.05, 0) is 43.9 Å². The van der Waals surface area contributed by atoms with E-state index in [1.165, 1.54) is 30.8 Å². The van der Waals surface area contributed by atoms with Crippen molar-refractivity contribution in [2.45, 2.75) is 64.4 Å². The highest BCUT2D eigenvalue weighted by molar-refractivity contribution is 7.92. The summed E-state index contributed by atoms with van der Waals surface area (Å²) in [6, 6.07) is 6.50. The Morgan fingerprint density at radius 2 is 1.62 bits per heavy atom. The summed E-state index contributed by atoms with van der Waals surface area (Å²) in [5.41, 5.74) is -0.194. The standard InChI is InChI=1S/C23H33N3O7S/c1-15(27)31-13-14-32-20-18(21(28)33-23(5,6)7)19(26(8)24-20)25-34(29,30)17-11-9-16(10-12-17)22(2,3)4/h9-12,25H,13-14H2,1-8H3. The van der Waals surface area contributed by atoms with Crippen LogP contribution in [0.5, 0.6) is 5.88 Å². The Morgan fingerprint density at radius 1 is 1.03 bits per heavy atom. The third-order valence-electron chi connectivity index (χ3n) is 4.51. The zero-order valence-corrected chi connectivity index (χ0v) is 21.7. The Balaban J connectivity index is 2.42. The lowest BCUT2D eigenvalue weighted by Crippen LogP contribution is -2.25. The van der Waals surface area contributed by atoms with Crippen molar-refractivity contribution < 1.29 is 32.2 Å². The van der Waals surface area contributed by atoms with Gasteiger partial charge in [0.1, 0.15) is 18.8 Å². The van der Waals surface area contributed by atoms with Crippen molar-refractivity contribution >= 4 is 27.8 Å². The van der Waals surface area contributed by atoms with E-state index in [0.717, 1.165) is 5.56 Å². The number of rotatable bonds is 8. The van der Waals surface area contributed by atoms with Gasteiger partial charge < -0.3 is 14.2 Å². The summed E-state index contributed by atoms with van der Waals surface area (Å²) in [5.74, 6) is -1.56. The second-order valence-electron chi connectivity index (χ2n) is 9.72. The number of aryl methyl sites for hydroxylation is 1. The first-order chi connectivity index (χ1) is 15.5. The van der Waals surface area contributed by atoms with E-state index in [4.69, 9.17) is 14.2 Å². The molecule has 0 unspecified atom stereocenters. The third-order valence-corrected chi connectivity index (χ3v) is 5.86. The highest BCUT2D eigenvalue weighted by Crippen LogP contribution is 2.31. The first kappa shape index (κ1) is 27.2. The molecule has 0 amide bonds. The Hall–Kier alpha value is -3.08. The monoisotopic (exact) mass is 495 g/mol. The quantitative estimate of drug-likeness (QED) is 0.436. The van der Waals surface area contributed by atoms with Gasteiger partial charge in [-0.3, -0.25) is 9.52 Å². The van der Waals surface area contributed by atoms with Crippen LogP contribution < -0.4 is 9.46 Å². The molecule has 1 aromatic heterocycles. The van der Waals surface area contributed by atoms with Gasteiger partial charge in [0.25, 0.3) is 10.0 Å². The molecule has 11 heteroatoms. The maximum absolute atomic E-state index is 13.1. The van der Waals surface area contributed by atoms with E-state index in [1.807, 2.05) is 20.8 Å². The Labute approximate surface area is 200 Å². The second kappa shape index (κ2) is 10.0. The summed E-state index contributed by atoms with van der Waals surface area (Å²) >= 11 is 0. The Bertz CT molecular complexity index is 1140. The van der Waals surface area contributed by atoms with Gasteiger partial charge in [0.05, 0.1) is 4.90 Å². The summed E-state index contributed by atoms with van der Waals surface area (Å²) in [6.45, 7) is 12.2. The van der Waals surface area contributed by atoms with Gasteiger partial charge in [0.15, 0.2) is 11.4 Å². The van der Waals surface area contributed by atoms with Gasteiger partial charge in [-0.1, -0.05) is 32.9 Å². The van der Waals surface area contributed by atoms with Crippen LogP contribution in [-0.2, 0) is 36.8 Å². The van der Waals surface area contributed by atoms with Crippen LogP contribution in [-0.4, -0.2) is 49.0 Å². The molecule has 10 nitrogen and oxygen atoms in total. The summed E-state index contributed by atoms with van der Waals surface area (Å²) in [4.78, 5) is 23.9. The average Bonchev–Trinajstić information content (AvgIpc) is 2.98. The number of nitrogens with one attached hydrogen (secondary N) is 1. The maximum Gasteiger partial charge on any atom is 0.348 e. The molecular formula is C23H33N3O7S. The van der Waals surface area contributed by atoms with Crippen LogP contribution in [0.1, 0.15) is 64.4 Å². The molecule has 0 radical (unpaired) electrons. The molecular weight excluding hydrogens is 462 g/mol. The summed E-state index contributed by atoms with van der Waals surface area (Å²) < 4.78 is 45.6. The molecule has 2 rings (SSSR count). The first-order valence-electron chi connectivity index (χ1n) is 10.7. The number of hydrogen-bond donors (Lipinski definition) is 1. The smallest absolute Gasteiger partial charge is 0.348 e. The van der Waals surface area contributed by atoms with Gasteiger partial charge in [0, 0.05) is 14.0 Å². The number of carbonyl (C=O) groups is 2. The van der Waals surface area contributed by atoms with E-state index in [2.05, 4.69) is 9.82 Å². The lowest BCUT2D eigenvalue weighted by Gasteiger charge is -2.20. The van der Waals surface area contributed by atoms with Crippen molar-refractivity contribution in [3.8, 4) is 5.88 Å². The van der Waals surface area contributed by atoms with Crippen molar-refractivity contribution in [1.29, 1.82) is 0 Å². The average molecular weight is 496 g/mol. The Kier molecular flexibility index (Phi) is 8.02. The van der Waals surface area contributed by atoms with E-state index in [9.17, 15) is 18.0 Å². The number of esters is 2. The van der Waals surface area contributed by atoms with Crippen LogP contribution in [0, 0.1) is 0 Å². The molecule has 1 heterocycles. The van der Waals surface area contributed by atoms with Gasteiger partial charge in [-0.25, -0.2) is 17.9 Å². The van der Waals surface area contributed by atoms with Gasteiger partial charge >= 0.3 is 11.9 Å². The molecule has 0 saturated heterocycles. The molecule has 0 atom stereocenters. The predicted octanol–water partition coefficient (Wildman–Crippen LogP) is 3.42. The van der Waals surface area contributed by atoms with Crippen LogP contribution in [0.2, 0.25) is 0 Å². The molecule has 34 heavy (non-hydrogen) atoms. The number of carbonyl (C=O) groups excluding carboxylic acids is 2. The molecule has 1 aromatic carbocycles. The highest BCUT2D eigenvalue weighted by Gasteiger charge is 2.31. The van der Waals surface area contributed by atoms with Crippen molar-refractivity contribution in [1.82, 2.24) is 9.78 Å². The lowest BCUT2D eigenvalue weighted by molar-refractivity contribution is -0.141. The van der Waals surface area contributed by atoms with Crippen LogP contribution in [0.15, 0.2) is 29.2 Å².